The first-order chi connectivity index (χ1) is 10.0. The zero-order valence-electron chi connectivity index (χ0n) is 12.6. The zero-order valence-corrected chi connectivity index (χ0v) is 13.4. The smallest absolute Gasteiger partial charge is 0.387 e. The van der Waals surface area contributed by atoms with Gasteiger partial charge >= 0.3 is 6.61 Å². The van der Waals surface area contributed by atoms with Crippen LogP contribution in [0, 0.1) is 0 Å². The van der Waals surface area contributed by atoms with Crippen molar-refractivity contribution >= 4 is 18.3 Å². The van der Waals surface area contributed by atoms with E-state index >= 15 is 0 Å². The van der Waals surface area contributed by atoms with Gasteiger partial charge < -0.3 is 19.7 Å². The lowest BCUT2D eigenvalue weighted by molar-refractivity contribution is -0.129. The summed E-state index contributed by atoms with van der Waals surface area (Å²) < 4.78 is 33.2. The van der Waals surface area contributed by atoms with Crippen molar-refractivity contribution < 1.29 is 23.0 Å². The van der Waals surface area contributed by atoms with Crippen molar-refractivity contribution in [3.05, 3.63) is 29.8 Å². The number of carbonyl (C=O) groups is 1. The third kappa shape index (κ3) is 8.11. The summed E-state index contributed by atoms with van der Waals surface area (Å²) in [7, 11) is 3.28. The summed E-state index contributed by atoms with van der Waals surface area (Å²) in [5.41, 5.74) is 0.837. The lowest BCUT2D eigenvalue weighted by Gasteiger charge is -2.18. The van der Waals surface area contributed by atoms with Gasteiger partial charge in [0.2, 0.25) is 5.91 Å². The Hall–Kier alpha value is -1.44. The number of rotatable bonds is 9. The molecule has 8 heteroatoms. The molecule has 0 atom stereocenters. The predicted molar refractivity (Wildman–Crippen MR) is 81.5 cm³/mol. The molecule has 0 unspecified atom stereocenters. The molecular weight excluding hydrogens is 318 g/mol. The van der Waals surface area contributed by atoms with E-state index in [1.807, 2.05) is 0 Å². The average molecular weight is 339 g/mol. The molecular formula is C14H21ClF2N2O3. The van der Waals surface area contributed by atoms with Crippen molar-refractivity contribution in [2.24, 2.45) is 0 Å². The van der Waals surface area contributed by atoms with Crippen molar-refractivity contribution in [1.82, 2.24) is 10.2 Å². The monoisotopic (exact) mass is 338 g/mol. The molecule has 1 aromatic rings. The van der Waals surface area contributed by atoms with Crippen LogP contribution in [0.2, 0.25) is 0 Å². The molecule has 0 heterocycles. The summed E-state index contributed by atoms with van der Waals surface area (Å²) in [4.78, 5) is 13.4. The molecule has 22 heavy (non-hydrogen) atoms. The van der Waals surface area contributed by atoms with Gasteiger partial charge in [-0.2, -0.15) is 8.78 Å². The average Bonchev–Trinajstić information content (AvgIpc) is 2.45. The Morgan fingerprint density at radius 3 is 2.50 bits per heavy atom. The van der Waals surface area contributed by atoms with E-state index in [1.54, 1.807) is 31.2 Å². The molecule has 0 spiro atoms. The number of amides is 1. The van der Waals surface area contributed by atoms with Gasteiger partial charge in [-0.05, 0) is 17.7 Å². The molecule has 0 aliphatic rings. The van der Waals surface area contributed by atoms with E-state index in [0.29, 0.717) is 19.7 Å². The minimum absolute atomic E-state index is 0. The Labute approximate surface area is 135 Å². The maximum Gasteiger partial charge on any atom is 0.387 e. The number of methoxy groups -OCH3 is 1. The van der Waals surface area contributed by atoms with Crippen molar-refractivity contribution in [3.8, 4) is 5.75 Å². The van der Waals surface area contributed by atoms with Gasteiger partial charge in [-0.1, -0.05) is 12.1 Å². The standard InChI is InChI=1S/C14H20F2N2O3.ClH/c1-18(13(19)9-17-7-8-20-2)10-11-3-5-12(6-4-11)21-14(15)16;/h3-6,14,17H,7-10H2,1-2H3;1H. The number of benzene rings is 1. The van der Waals surface area contributed by atoms with Crippen LogP contribution in [0.25, 0.3) is 0 Å². The molecule has 0 radical (unpaired) electrons. The van der Waals surface area contributed by atoms with E-state index in [9.17, 15) is 13.6 Å². The Morgan fingerprint density at radius 2 is 1.95 bits per heavy atom. The number of ether oxygens (including phenoxy) is 2. The summed E-state index contributed by atoms with van der Waals surface area (Å²) in [6, 6.07) is 6.22. The van der Waals surface area contributed by atoms with Gasteiger partial charge in [-0.3, -0.25) is 4.79 Å². The summed E-state index contributed by atoms with van der Waals surface area (Å²) in [5.74, 6) is 0.0444. The lowest BCUT2D eigenvalue weighted by Crippen LogP contribution is -2.36. The van der Waals surface area contributed by atoms with Crippen LogP contribution in [0.1, 0.15) is 5.56 Å². The molecule has 1 aromatic carbocycles. The molecule has 0 saturated carbocycles. The molecule has 0 fully saturated rings. The van der Waals surface area contributed by atoms with Crippen LogP contribution in [0.15, 0.2) is 24.3 Å². The minimum atomic E-state index is -2.83. The number of nitrogens with zero attached hydrogens (tertiary/aromatic N) is 1. The van der Waals surface area contributed by atoms with E-state index < -0.39 is 6.61 Å². The van der Waals surface area contributed by atoms with Gasteiger partial charge in [-0.25, -0.2) is 0 Å². The highest BCUT2D eigenvalue weighted by atomic mass is 35.5. The Morgan fingerprint density at radius 1 is 1.32 bits per heavy atom. The predicted octanol–water partition coefficient (Wildman–Crippen LogP) is 1.90. The number of hydrogen-bond donors (Lipinski definition) is 1. The lowest BCUT2D eigenvalue weighted by atomic mass is 10.2. The van der Waals surface area contributed by atoms with Gasteiger partial charge in [0.25, 0.3) is 0 Å². The van der Waals surface area contributed by atoms with Crippen molar-refractivity contribution in [2.75, 3.05) is 33.9 Å². The molecule has 0 aromatic heterocycles. The largest absolute Gasteiger partial charge is 0.435 e. The van der Waals surface area contributed by atoms with Gasteiger partial charge in [-0.15, -0.1) is 12.4 Å². The van der Waals surface area contributed by atoms with Gasteiger partial charge in [0.05, 0.1) is 13.2 Å². The second-order valence-corrected chi connectivity index (χ2v) is 4.44. The molecule has 1 amide bonds. The molecule has 126 valence electrons. The van der Waals surface area contributed by atoms with Crippen LogP contribution in [0.4, 0.5) is 8.78 Å². The Kier molecular flexibility index (Phi) is 10.4. The number of halogens is 3. The van der Waals surface area contributed by atoms with E-state index in [1.165, 1.54) is 12.1 Å². The molecule has 1 rings (SSSR count). The number of nitrogens with one attached hydrogen (secondary N) is 1. The minimum Gasteiger partial charge on any atom is -0.435 e. The van der Waals surface area contributed by atoms with Crippen molar-refractivity contribution in [1.29, 1.82) is 0 Å². The Bertz CT molecular complexity index is 433. The van der Waals surface area contributed by atoms with Gasteiger partial charge in [0.1, 0.15) is 5.75 Å². The second-order valence-electron chi connectivity index (χ2n) is 4.44. The maximum absolute atomic E-state index is 12.0. The summed E-state index contributed by atoms with van der Waals surface area (Å²) in [6.07, 6.45) is 0. The molecule has 1 N–H and O–H groups in total. The molecule has 0 saturated heterocycles. The highest BCUT2D eigenvalue weighted by Crippen LogP contribution is 2.15. The quantitative estimate of drug-likeness (QED) is 0.699. The fourth-order valence-electron chi connectivity index (χ4n) is 1.64. The van der Waals surface area contributed by atoms with E-state index in [0.717, 1.165) is 5.56 Å². The first-order valence-corrected chi connectivity index (χ1v) is 6.50. The second kappa shape index (κ2) is 11.2. The van der Waals surface area contributed by atoms with Crippen molar-refractivity contribution in [2.45, 2.75) is 13.2 Å². The first-order valence-electron chi connectivity index (χ1n) is 6.50. The van der Waals surface area contributed by atoms with Crippen LogP contribution in [-0.4, -0.2) is 51.3 Å². The van der Waals surface area contributed by atoms with Crippen LogP contribution in [0.3, 0.4) is 0 Å². The third-order valence-corrected chi connectivity index (χ3v) is 2.75. The number of likely N-dealkylation sites (N-methyl/N-ethyl adjacent to an activating group) is 1. The zero-order chi connectivity index (χ0) is 15.7. The van der Waals surface area contributed by atoms with Crippen LogP contribution >= 0.6 is 12.4 Å². The molecule has 0 aliphatic heterocycles. The van der Waals surface area contributed by atoms with Gasteiger partial charge in [0, 0.05) is 27.2 Å². The highest BCUT2D eigenvalue weighted by Gasteiger charge is 2.09. The molecule has 0 aliphatic carbocycles. The first kappa shape index (κ1) is 20.6. The molecule has 0 bridgehead atoms. The summed E-state index contributed by atoms with van der Waals surface area (Å²) >= 11 is 0. The third-order valence-electron chi connectivity index (χ3n) is 2.75. The topological polar surface area (TPSA) is 50.8 Å². The van der Waals surface area contributed by atoms with E-state index in [4.69, 9.17) is 4.74 Å². The van der Waals surface area contributed by atoms with Crippen LogP contribution in [-0.2, 0) is 16.1 Å². The number of alkyl halides is 2. The SMILES string of the molecule is COCCNCC(=O)N(C)Cc1ccc(OC(F)F)cc1.Cl. The van der Waals surface area contributed by atoms with E-state index in [2.05, 4.69) is 10.1 Å². The maximum atomic E-state index is 12.0. The van der Waals surface area contributed by atoms with Gasteiger partial charge in [0.15, 0.2) is 0 Å². The Balaban J connectivity index is 0.00000441. The highest BCUT2D eigenvalue weighted by molar-refractivity contribution is 5.85. The fourth-order valence-corrected chi connectivity index (χ4v) is 1.64. The van der Waals surface area contributed by atoms with Crippen LogP contribution in [0.5, 0.6) is 5.75 Å². The number of carbonyl (C=O) groups excluding carboxylic acids is 1. The normalized spacial score (nSPS) is 10.2. The fraction of sp³-hybridized carbons (Fsp3) is 0.500. The van der Waals surface area contributed by atoms with Crippen LogP contribution < -0.4 is 10.1 Å². The van der Waals surface area contributed by atoms with Crippen molar-refractivity contribution in [3.63, 3.8) is 0 Å². The molecule has 5 nitrogen and oxygen atoms in total. The summed E-state index contributed by atoms with van der Waals surface area (Å²) in [5, 5.41) is 2.96. The van der Waals surface area contributed by atoms with E-state index in [-0.39, 0.29) is 30.6 Å². The summed E-state index contributed by atoms with van der Waals surface area (Å²) in [6.45, 7) is -1.05. The number of hydrogen-bond acceptors (Lipinski definition) is 4.